The van der Waals surface area contributed by atoms with E-state index in [4.69, 9.17) is 9.84 Å². The van der Waals surface area contributed by atoms with E-state index in [1.54, 1.807) is 12.1 Å². The van der Waals surface area contributed by atoms with Crippen LogP contribution in [0.1, 0.15) is 12.5 Å². The fourth-order valence-electron chi connectivity index (χ4n) is 0.940. The Bertz CT molecular complexity index is 368. The summed E-state index contributed by atoms with van der Waals surface area (Å²) < 4.78 is 18.9. The Morgan fingerprint density at radius 2 is 2.33 bits per heavy atom. The highest BCUT2D eigenvalue weighted by Crippen LogP contribution is 2.16. The maximum Gasteiger partial charge on any atom is 0.332 e. The largest absolute Gasteiger partial charge is 0.479 e. The molecule has 0 aromatic heterocycles. The Morgan fingerprint density at radius 3 is 2.93 bits per heavy atom. The minimum Gasteiger partial charge on any atom is -0.479 e. The summed E-state index contributed by atoms with van der Waals surface area (Å²) in [4.78, 5) is 10.4. The SMILES string of the molecule is C[C@H](OCc1cc(Br)ccc1F)C(=O)O. The van der Waals surface area contributed by atoms with Gasteiger partial charge >= 0.3 is 5.97 Å². The number of halogens is 2. The smallest absolute Gasteiger partial charge is 0.332 e. The number of hydrogen-bond acceptors (Lipinski definition) is 2. The molecule has 1 rings (SSSR count). The van der Waals surface area contributed by atoms with Crippen LogP contribution in [0.25, 0.3) is 0 Å². The van der Waals surface area contributed by atoms with Gasteiger partial charge in [-0.2, -0.15) is 0 Å². The van der Waals surface area contributed by atoms with Crippen LogP contribution in [0.5, 0.6) is 0 Å². The summed E-state index contributed by atoms with van der Waals surface area (Å²) in [5.74, 6) is -1.47. The maximum absolute atomic E-state index is 13.2. The van der Waals surface area contributed by atoms with Crippen molar-refractivity contribution in [1.29, 1.82) is 0 Å². The Morgan fingerprint density at radius 1 is 1.67 bits per heavy atom. The van der Waals surface area contributed by atoms with Crippen molar-refractivity contribution >= 4 is 21.9 Å². The molecule has 0 saturated carbocycles. The van der Waals surface area contributed by atoms with Gasteiger partial charge in [0.2, 0.25) is 0 Å². The quantitative estimate of drug-likeness (QED) is 0.920. The number of aliphatic carboxylic acids is 1. The molecule has 0 amide bonds. The fraction of sp³-hybridized carbons (Fsp3) is 0.300. The average molecular weight is 277 g/mol. The zero-order valence-electron chi connectivity index (χ0n) is 8.04. The second-order valence-electron chi connectivity index (χ2n) is 3.03. The lowest BCUT2D eigenvalue weighted by atomic mass is 10.2. The van der Waals surface area contributed by atoms with Gasteiger partial charge in [0.1, 0.15) is 5.82 Å². The van der Waals surface area contributed by atoms with Gasteiger partial charge < -0.3 is 9.84 Å². The first kappa shape index (κ1) is 12.1. The summed E-state index contributed by atoms with van der Waals surface area (Å²) >= 11 is 3.19. The van der Waals surface area contributed by atoms with Crippen molar-refractivity contribution in [2.45, 2.75) is 19.6 Å². The van der Waals surface area contributed by atoms with Crippen LogP contribution >= 0.6 is 15.9 Å². The molecular formula is C10H10BrFO3. The van der Waals surface area contributed by atoms with Crippen LogP contribution in [-0.4, -0.2) is 17.2 Å². The maximum atomic E-state index is 13.2. The second-order valence-corrected chi connectivity index (χ2v) is 3.94. The predicted octanol–water partition coefficient (Wildman–Crippen LogP) is 2.58. The van der Waals surface area contributed by atoms with Gasteiger partial charge in [-0.3, -0.25) is 0 Å². The molecule has 1 N–H and O–H groups in total. The van der Waals surface area contributed by atoms with Crippen molar-refractivity contribution in [2.75, 3.05) is 0 Å². The van der Waals surface area contributed by atoms with Crippen LogP contribution in [0, 0.1) is 5.82 Å². The van der Waals surface area contributed by atoms with E-state index in [9.17, 15) is 9.18 Å². The van der Waals surface area contributed by atoms with E-state index in [0.717, 1.165) is 4.47 Å². The summed E-state index contributed by atoms with van der Waals surface area (Å²) in [5, 5.41) is 8.56. The topological polar surface area (TPSA) is 46.5 Å². The Labute approximate surface area is 95.0 Å². The van der Waals surface area contributed by atoms with E-state index in [1.807, 2.05) is 0 Å². The summed E-state index contributed by atoms with van der Waals surface area (Å²) in [6, 6.07) is 4.43. The standard InChI is InChI=1S/C10H10BrFO3/c1-6(10(13)14)15-5-7-4-8(11)2-3-9(7)12/h2-4,6H,5H2,1H3,(H,13,14)/t6-/m0/s1. The minimum atomic E-state index is -1.06. The molecular weight excluding hydrogens is 267 g/mol. The molecule has 1 aromatic carbocycles. The van der Waals surface area contributed by atoms with Gasteiger partial charge in [-0.15, -0.1) is 0 Å². The lowest BCUT2D eigenvalue weighted by Gasteiger charge is -2.09. The summed E-state index contributed by atoms with van der Waals surface area (Å²) in [6.07, 6.45) is -0.941. The molecule has 0 aliphatic heterocycles. The monoisotopic (exact) mass is 276 g/mol. The lowest BCUT2D eigenvalue weighted by Crippen LogP contribution is -2.19. The summed E-state index contributed by atoms with van der Waals surface area (Å²) in [5.41, 5.74) is 0.331. The van der Waals surface area contributed by atoms with E-state index in [-0.39, 0.29) is 6.61 Å². The third-order valence-electron chi connectivity index (χ3n) is 1.84. The third kappa shape index (κ3) is 3.60. The molecule has 0 bridgehead atoms. The molecule has 0 aliphatic rings. The minimum absolute atomic E-state index is 0.0568. The molecule has 0 radical (unpaired) electrons. The first-order chi connectivity index (χ1) is 7.00. The van der Waals surface area contributed by atoms with Gasteiger partial charge in [-0.25, -0.2) is 9.18 Å². The molecule has 0 unspecified atom stereocenters. The lowest BCUT2D eigenvalue weighted by molar-refractivity contribution is -0.149. The number of ether oxygens (including phenoxy) is 1. The van der Waals surface area contributed by atoms with Crippen LogP contribution in [0.15, 0.2) is 22.7 Å². The van der Waals surface area contributed by atoms with Gasteiger partial charge in [0.25, 0.3) is 0 Å². The predicted molar refractivity (Wildman–Crippen MR) is 56.0 cm³/mol. The van der Waals surface area contributed by atoms with Crippen LogP contribution < -0.4 is 0 Å². The normalized spacial score (nSPS) is 12.5. The molecule has 15 heavy (non-hydrogen) atoms. The van der Waals surface area contributed by atoms with Gasteiger partial charge in [-0.05, 0) is 25.1 Å². The number of carbonyl (C=O) groups is 1. The Hall–Kier alpha value is -0.940. The number of carboxylic acids is 1. The molecule has 82 valence electrons. The van der Waals surface area contributed by atoms with E-state index in [2.05, 4.69) is 15.9 Å². The Kier molecular flexibility index (Phi) is 4.23. The van der Waals surface area contributed by atoms with Gasteiger partial charge in [0.05, 0.1) is 6.61 Å². The van der Waals surface area contributed by atoms with Crippen molar-refractivity contribution in [1.82, 2.24) is 0 Å². The molecule has 0 aliphatic carbocycles. The number of hydrogen-bond donors (Lipinski definition) is 1. The van der Waals surface area contributed by atoms with Crippen LogP contribution in [0.2, 0.25) is 0 Å². The molecule has 0 spiro atoms. The highest BCUT2D eigenvalue weighted by atomic mass is 79.9. The molecule has 1 aromatic rings. The molecule has 1 atom stereocenters. The van der Waals surface area contributed by atoms with E-state index in [1.165, 1.54) is 13.0 Å². The van der Waals surface area contributed by atoms with E-state index < -0.39 is 17.9 Å². The molecule has 0 saturated heterocycles. The molecule has 0 fully saturated rings. The van der Waals surface area contributed by atoms with E-state index in [0.29, 0.717) is 5.56 Å². The fourth-order valence-corrected chi connectivity index (χ4v) is 1.35. The van der Waals surface area contributed by atoms with Crippen molar-refractivity contribution in [3.05, 3.63) is 34.1 Å². The van der Waals surface area contributed by atoms with Gasteiger partial charge in [-0.1, -0.05) is 15.9 Å². The molecule has 3 nitrogen and oxygen atoms in total. The van der Waals surface area contributed by atoms with E-state index >= 15 is 0 Å². The van der Waals surface area contributed by atoms with Crippen LogP contribution in [-0.2, 0) is 16.1 Å². The van der Waals surface area contributed by atoms with Gasteiger partial charge in [0, 0.05) is 10.0 Å². The summed E-state index contributed by atoms with van der Waals surface area (Å²) in [7, 11) is 0. The molecule has 0 heterocycles. The third-order valence-corrected chi connectivity index (χ3v) is 2.34. The highest BCUT2D eigenvalue weighted by Gasteiger charge is 2.12. The Balaban J connectivity index is 2.65. The average Bonchev–Trinajstić information content (AvgIpc) is 2.18. The van der Waals surface area contributed by atoms with Crippen molar-refractivity contribution < 1.29 is 19.0 Å². The number of rotatable bonds is 4. The molecule has 5 heteroatoms. The van der Waals surface area contributed by atoms with Crippen molar-refractivity contribution in [3.63, 3.8) is 0 Å². The van der Waals surface area contributed by atoms with Crippen LogP contribution in [0.3, 0.4) is 0 Å². The van der Waals surface area contributed by atoms with Crippen molar-refractivity contribution in [3.8, 4) is 0 Å². The summed E-state index contributed by atoms with van der Waals surface area (Å²) in [6.45, 7) is 1.34. The zero-order chi connectivity index (χ0) is 11.4. The number of carboxylic acid groups (broad SMARTS) is 1. The second kappa shape index (κ2) is 5.23. The first-order valence-electron chi connectivity index (χ1n) is 4.29. The number of benzene rings is 1. The van der Waals surface area contributed by atoms with Crippen molar-refractivity contribution in [2.24, 2.45) is 0 Å². The first-order valence-corrected chi connectivity index (χ1v) is 5.08. The van der Waals surface area contributed by atoms with Gasteiger partial charge in [0.15, 0.2) is 6.10 Å². The zero-order valence-corrected chi connectivity index (χ0v) is 9.62. The highest BCUT2D eigenvalue weighted by molar-refractivity contribution is 9.10. The van der Waals surface area contributed by atoms with Crippen LogP contribution in [0.4, 0.5) is 4.39 Å².